The summed E-state index contributed by atoms with van der Waals surface area (Å²) in [5, 5.41) is 25.5. The molecule has 3 rings (SSSR count). The second-order valence-electron chi connectivity index (χ2n) is 5.91. The van der Waals surface area contributed by atoms with Gasteiger partial charge in [0.15, 0.2) is 0 Å². The van der Waals surface area contributed by atoms with E-state index in [1.54, 1.807) is 24.3 Å². The number of piperazine rings is 1. The number of carbonyl (C=O) groups is 2. The number of rotatable bonds is 2. The Balaban J connectivity index is 0.000000237. The molecule has 2 aromatic rings. The van der Waals surface area contributed by atoms with E-state index in [1.807, 2.05) is 45.2 Å². The number of hydrogen-bond donors (Lipinski definition) is 2. The summed E-state index contributed by atoms with van der Waals surface area (Å²) >= 11 is 3.79. The first-order valence-electron chi connectivity index (χ1n) is 8.97. The summed E-state index contributed by atoms with van der Waals surface area (Å²) in [5.41, 5.74) is 1.69. The summed E-state index contributed by atoms with van der Waals surface area (Å²) < 4.78 is 5.31. The normalized spacial score (nSPS) is 11.5. The number of carboxylic acid groups (broad SMARTS) is 2. The van der Waals surface area contributed by atoms with Crippen LogP contribution in [0.25, 0.3) is 0 Å². The van der Waals surface area contributed by atoms with Crippen LogP contribution in [0.2, 0.25) is 0 Å². The Labute approximate surface area is 203 Å². The van der Waals surface area contributed by atoms with Crippen molar-refractivity contribution in [3.63, 3.8) is 0 Å². The molecule has 1 saturated heterocycles. The van der Waals surface area contributed by atoms with E-state index in [4.69, 9.17) is 0 Å². The van der Waals surface area contributed by atoms with E-state index in [2.05, 4.69) is 30.3 Å². The third-order valence-corrected chi connectivity index (χ3v) is 4.27. The molecule has 1 fully saturated rings. The molecule has 0 saturated carbocycles. The fraction of sp³-hybridized carbons (Fsp3) is 0.182. The Morgan fingerprint density at radius 2 is 1.10 bits per heavy atom. The molecule has 30 heavy (non-hydrogen) atoms. The predicted octanol–water partition coefficient (Wildman–Crippen LogP) is -1.28. The lowest BCUT2D eigenvalue weighted by atomic mass is 10.1. The van der Waals surface area contributed by atoms with Crippen LogP contribution in [0.4, 0.5) is 0 Å². The van der Waals surface area contributed by atoms with Crippen LogP contribution in [0, 0.1) is 19.7 Å². The van der Waals surface area contributed by atoms with Gasteiger partial charge in [-0.2, -0.15) is 0 Å². The Morgan fingerprint density at radius 3 is 1.37 bits per heavy atom. The highest BCUT2D eigenvalue weighted by molar-refractivity contribution is 14.1. The zero-order valence-corrected chi connectivity index (χ0v) is 20.3. The van der Waals surface area contributed by atoms with Gasteiger partial charge < -0.3 is 30.4 Å². The summed E-state index contributed by atoms with van der Waals surface area (Å²) in [4.78, 5) is 20.8. The maximum atomic E-state index is 10.4. The molecule has 0 aromatic heterocycles. The lowest BCUT2D eigenvalue weighted by molar-refractivity contribution is -0.787. The number of aromatic carboxylic acids is 2. The van der Waals surface area contributed by atoms with Crippen LogP contribution in [0.1, 0.15) is 31.8 Å². The number of nitrogens with two attached hydrogens (primary N) is 2. The zero-order valence-electron chi connectivity index (χ0n) is 16.0. The van der Waals surface area contributed by atoms with E-state index in [9.17, 15) is 19.8 Å². The molecule has 8 heteroatoms. The molecule has 0 radical (unpaired) electrons. The molecule has 0 aliphatic carbocycles. The highest BCUT2D eigenvalue weighted by Gasteiger charge is 1.99. The molecule has 6 nitrogen and oxygen atoms in total. The second kappa shape index (κ2) is 15.7. The third-order valence-electron chi connectivity index (χ3n) is 3.73. The van der Waals surface area contributed by atoms with Crippen molar-refractivity contribution in [2.45, 2.75) is 0 Å². The smallest absolute Gasteiger partial charge is 0.125 e. The molecular formula is C22H20I2N2O4. The van der Waals surface area contributed by atoms with E-state index in [1.165, 1.54) is 50.4 Å². The van der Waals surface area contributed by atoms with E-state index < -0.39 is 11.9 Å². The first kappa shape index (κ1) is 25.9. The van der Waals surface area contributed by atoms with Crippen LogP contribution in [0.15, 0.2) is 48.5 Å². The molecule has 1 heterocycles. The van der Waals surface area contributed by atoms with E-state index in [0.29, 0.717) is 11.1 Å². The van der Waals surface area contributed by atoms with Gasteiger partial charge in [-0.1, -0.05) is 36.1 Å². The van der Waals surface area contributed by atoms with Crippen molar-refractivity contribution in [2.75, 3.05) is 26.2 Å². The average molecular weight is 630 g/mol. The molecule has 1 aliphatic rings. The molecule has 0 atom stereocenters. The minimum atomic E-state index is -1.17. The first-order chi connectivity index (χ1) is 14.5. The highest BCUT2D eigenvalue weighted by Crippen LogP contribution is 2.03. The van der Waals surface area contributed by atoms with Crippen molar-refractivity contribution in [3.05, 3.63) is 70.8 Å². The van der Waals surface area contributed by atoms with Crippen LogP contribution >= 0.6 is 45.2 Å². The number of carbonyl (C=O) groups excluding carboxylic acids is 2. The van der Waals surface area contributed by atoms with Gasteiger partial charge in [0.1, 0.15) is 26.2 Å². The van der Waals surface area contributed by atoms with Crippen molar-refractivity contribution < 1.29 is 30.4 Å². The van der Waals surface area contributed by atoms with Crippen molar-refractivity contribution in [1.82, 2.24) is 0 Å². The van der Waals surface area contributed by atoms with Gasteiger partial charge in [-0.3, -0.25) is 0 Å². The number of benzene rings is 2. The molecule has 2 aromatic carbocycles. The predicted molar refractivity (Wildman–Crippen MR) is 127 cm³/mol. The van der Waals surface area contributed by atoms with Crippen molar-refractivity contribution in [2.24, 2.45) is 0 Å². The Bertz CT molecular complexity index is 883. The van der Waals surface area contributed by atoms with Gasteiger partial charge in [0.25, 0.3) is 0 Å². The van der Waals surface area contributed by atoms with E-state index in [-0.39, 0.29) is 11.1 Å². The van der Waals surface area contributed by atoms with Gasteiger partial charge in [0.2, 0.25) is 0 Å². The van der Waals surface area contributed by atoms with Gasteiger partial charge in [-0.05, 0) is 43.2 Å². The number of carboxylic acids is 2. The number of hydrogen-bond acceptors (Lipinski definition) is 4. The van der Waals surface area contributed by atoms with Crippen LogP contribution in [-0.2, 0) is 0 Å². The zero-order chi connectivity index (χ0) is 22.2. The number of halogens is 2. The first-order valence-corrected chi connectivity index (χ1v) is 11.1. The summed E-state index contributed by atoms with van der Waals surface area (Å²) in [7, 11) is 0. The minimum absolute atomic E-state index is 0.159. The fourth-order valence-electron chi connectivity index (χ4n) is 2.32. The summed E-state index contributed by atoms with van der Waals surface area (Å²) in [6, 6.07) is 12.7. The quantitative estimate of drug-likeness (QED) is 0.318. The third kappa shape index (κ3) is 11.2. The molecular weight excluding hydrogens is 610 g/mol. The summed E-state index contributed by atoms with van der Waals surface area (Å²) in [5.74, 6) is 3.15. The van der Waals surface area contributed by atoms with Crippen molar-refractivity contribution in [3.8, 4) is 19.7 Å². The lowest BCUT2D eigenvalue weighted by Gasteiger charge is -2.04. The van der Waals surface area contributed by atoms with Crippen molar-refractivity contribution in [1.29, 1.82) is 0 Å². The Morgan fingerprint density at radius 1 is 0.733 bits per heavy atom. The molecule has 0 unspecified atom stereocenters. The van der Waals surface area contributed by atoms with Gasteiger partial charge in [0.05, 0.1) is 11.9 Å². The standard InChI is InChI=1S/2C9H5IO2.C4H10N2/c2*10-5-4-7-2-1-3-8(6-7)9(11)12;1-2-6-4-3-5-1/h2*1-3,6H,(H,11,12);5-6H,1-4H2. The second-order valence-corrected chi connectivity index (χ2v) is 6.99. The van der Waals surface area contributed by atoms with Gasteiger partial charge >= 0.3 is 0 Å². The maximum absolute atomic E-state index is 10.4. The van der Waals surface area contributed by atoms with Crippen LogP contribution in [-0.4, -0.2) is 38.1 Å². The largest absolute Gasteiger partial charge is 0.545 e. The molecule has 0 amide bonds. The fourth-order valence-corrected chi connectivity index (χ4v) is 2.94. The summed E-state index contributed by atoms with van der Waals surface area (Å²) in [6.07, 6.45) is 0. The van der Waals surface area contributed by atoms with Crippen LogP contribution in [0.5, 0.6) is 0 Å². The van der Waals surface area contributed by atoms with Crippen LogP contribution < -0.4 is 20.8 Å². The van der Waals surface area contributed by atoms with Crippen LogP contribution in [0.3, 0.4) is 0 Å². The molecule has 0 spiro atoms. The molecule has 4 N–H and O–H groups in total. The van der Waals surface area contributed by atoms with Gasteiger partial charge in [0, 0.05) is 56.3 Å². The molecule has 0 bridgehead atoms. The average Bonchev–Trinajstić information content (AvgIpc) is 2.77. The highest BCUT2D eigenvalue weighted by atomic mass is 127. The monoisotopic (exact) mass is 630 g/mol. The minimum Gasteiger partial charge on any atom is -0.545 e. The summed E-state index contributed by atoms with van der Waals surface area (Å²) in [6.45, 7) is 5.28. The molecule has 1 aliphatic heterocycles. The maximum Gasteiger partial charge on any atom is 0.125 e. The topological polar surface area (TPSA) is 113 Å². The SMILES string of the molecule is C1C[NH2+]CC[NH2+]1.O=C([O-])c1cccc(C#CI)c1.O=C([O-])c1cccc(C#CI)c1. The Kier molecular flexibility index (Phi) is 13.5. The lowest BCUT2D eigenvalue weighted by Crippen LogP contribution is -3.04. The van der Waals surface area contributed by atoms with E-state index in [0.717, 1.165) is 0 Å². The van der Waals surface area contributed by atoms with Gasteiger partial charge in [-0.15, -0.1) is 0 Å². The Hall–Kier alpha value is -2.12. The molecule has 156 valence electrons. The van der Waals surface area contributed by atoms with Crippen molar-refractivity contribution >= 4 is 57.1 Å². The van der Waals surface area contributed by atoms with E-state index >= 15 is 0 Å². The van der Waals surface area contributed by atoms with Gasteiger partial charge in [-0.25, -0.2) is 0 Å². The number of quaternary nitrogens is 2.